The topological polar surface area (TPSA) is 102 Å². The van der Waals surface area contributed by atoms with Crippen molar-refractivity contribution in [2.24, 2.45) is 7.05 Å². The summed E-state index contributed by atoms with van der Waals surface area (Å²) < 4.78 is 6.67. The number of aryl methyl sites for hydroxylation is 1. The molecule has 2 aromatic rings. The lowest BCUT2D eigenvalue weighted by Crippen LogP contribution is -2.13. The Balaban J connectivity index is 2.09. The molecule has 0 aliphatic rings. The lowest BCUT2D eigenvalue weighted by Gasteiger charge is -2.14. The molecule has 1 unspecified atom stereocenters. The summed E-state index contributed by atoms with van der Waals surface area (Å²) in [6.07, 6.45) is 2.61. The monoisotopic (exact) mass is 306 g/mol. The van der Waals surface area contributed by atoms with Crippen LogP contribution in [0.15, 0.2) is 30.6 Å². The zero-order valence-electron chi connectivity index (χ0n) is 12.4. The maximum Gasteiger partial charge on any atom is 0.269 e. The fourth-order valence-electron chi connectivity index (χ4n) is 2.08. The zero-order chi connectivity index (χ0) is 16.1. The Hall–Kier alpha value is -2.45. The number of aromatic nitrogens is 2. The Morgan fingerprint density at radius 2 is 2.32 bits per heavy atom. The summed E-state index contributed by atoms with van der Waals surface area (Å²) in [6, 6.07) is 4.49. The summed E-state index contributed by atoms with van der Waals surface area (Å²) in [5.41, 5.74) is 2.06. The van der Waals surface area contributed by atoms with E-state index in [9.17, 15) is 15.2 Å². The van der Waals surface area contributed by atoms with Crippen LogP contribution in [0.2, 0.25) is 0 Å². The smallest absolute Gasteiger partial charge is 0.269 e. The lowest BCUT2D eigenvalue weighted by atomic mass is 10.1. The molecule has 2 N–H and O–H groups in total. The van der Waals surface area contributed by atoms with E-state index in [-0.39, 0.29) is 18.8 Å². The van der Waals surface area contributed by atoms with Crippen molar-refractivity contribution in [3.8, 4) is 0 Å². The molecule has 1 aromatic carbocycles. The number of hydrogen-bond donors (Lipinski definition) is 2. The Labute approximate surface area is 127 Å². The number of aliphatic hydroxyl groups is 1. The third-order valence-electron chi connectivity index (χ3n) is 3.19. The number of nitro benzene ring substituents is 1. The highest BCUT2D eigenvalue weighted by atomic mass is 16.6. The van der Waals surface area contributed by atoms with Gasteiger partial charge in [-0.3, -0.25) is 14.8 Å². The van der Waals surface area contributed by atoms with E-state index in [1.165, 1.54) is 19.2 Å². The van der Waals surface area contributed by atoms with Gasteiger partial charge in [0.1, 0.15) is 0 Å². The second-order valence-corrected chi connectivity index (χ2v) is 4.88. The van der Waals surface area contributed by atoms with Gasteiger partial charge in [0, 0.05) is 55.8 Å². The number of rotatable bonds is 7. The Kier molecular flexibility index (Phi) is 5.08. The largest absolute Gasteiger partial charge is 0.386 e. The molecule has 22 heavy (non-hydrogen) atoms. The standard InChI is InChI=1S/C14H18N4O4/c1-17-8-11(6-16-17)14(19)7-15-13-4-3-12(18(20)21)5-10(13)9-22-2/h3-6,8,14-15,19H,7,9H2,1-2H3. The number of ether oxygens (including phenoxy) is 1. The molecule has 1 aromatic heterocycles. The van der Waals surface area contributed by atoms with Gasteiger partial charge in [0.25, 0.3) is 5.69 Å². The third-order valence-corrected chi connectivity index (χ3v) is 3.19. The predicted octanol–water partition coefficient (Wildman–Crippen LogP) is 1.62. The van der Waals surface area contributed by atoms with Crippen LogP contribution in [0.25, 0.3) is 0 Å². The van der Waals surface area contributed by atoms with Gasteiger partial charge in [-0.1, -0.05) is 0 Å². The van der Waals surface area contributed by atoms with Crippen LogP contribution in [0.3, 0.4) is 0 Å². The van der Waals surface area contributed by atoms with Crippen LogP contribution in [-0.4, -0.2) is 33.5 Å². The summed E-state index contributed by atoms with van der Waals surface area (Å²) in [6.45, 7) is 0.507. The van der Waals surface area contributed by atoms with Crippen molar-refractivity contribution in [1.82, 2.24) is 9.78 Å². The van der Waals surface area contributed by atoms with Crippen molar-refractivity contribution in [1.29, 1.82) is 0 Å². The first kappa shape index (κ1) is 15.9. The van der Waals surface area contributed by atoms with Crippen LogP contribution in [0, 0.1) is 10.1 Å². The summed E-state index contributed by atoms with van der Waals surface area (Å²) >= 11 is 0. The molecule has 0 radical (unpaired) electrons. The third kappa shape index (κ3) is 3.80. The molecule has 0 bridgehead atoms. The fourth-order valence-corrected chi connectivity index (χ4v) is 2.08. The highest BCUT2D eigenvalue weighted by molar-refractivity contribution is 5.56. The summed E-state index contributed by atoms with van der Waals surface area (Å²) in [5.74, 6) is 0. The zero-order valence-corrected chi connectivity index (χ0v) is 12.4. The predicted molar refractivity (Wildman–Crippen MR) is 80.5 cm³/mol. The van der Waals surface area contributed by atoms with Gasteiger partial charge < -0.3 is 15.2 Å². The highest BCUT2D eigenvalue weighted by Crippen LogP contribution is 2.24. The Bertz CT molecular complexity index is 656. The molecule has 8 heteroatoms. The van der Waals surface area contributed by atoms with Gasteiger partial charge in [-0.2, -0.15) is 5.10 Å². The molecule has 0 saturated heterocycles. The maximum atomic E-state index is 10.8. The summed E-state index contributed by atoms with van der Waals surface area (Å²) in [7, 11) is 3.30. The number of non-ortho nitro benzene ring substituents is 1. The maximum absolute atomic E-state index is 10.8. The van der Waals surface area contributed by atoms with Crippen molar-refractivity contribution in [3.05, 3.63) is 51.8 Å². The van der Waals surface area contributed by atoms with Crippen LogP contribution >= 0.6 is 0 Å². The van der Waals surface area contributed by atoms with Gasteiger partial charge in [-0.15, -0.1) is 0 Å². The molecule has 118 valence electrons. The van der Waals surface area contributed by atoms with E-state index in [2.05, 4.69) is 10.4 Å². The number of nitro groups is 1. The van der Waals surface area contributed by atoms with E-state index in [1.807, 2.05) is 0 Å². The molecular weight excluding hydrogens is 288 g/mol. The molecule has 0 aliphatic carbocycles. The van der Waals surface area contributed by atoms with Crippen LogP contribution in [0.4, 0.5) is 11.4 Å². The van der Waals surface area contributed by atoms with Gasteiger partial charge in [0.15, 0.2) is 0 Å². The Morgan fingerprint density at radius 1 is 1.55 bits per heavy atom. The Morgan fingerprint density at radius 3 is 2.91 bits per heavy atom. The van der Waals surface area contributed by atoms with E-state index in [0.29, 0.717) is 16.8 Å². The number of aliphatic hydroxyl groups excluding tert-OH is 1. The number of methoxy groups -OCH3 is 1. The second-order valence-electron chi connectivity index (χ2n) is 4.88. The SMILES string of the molecule is COCc1cc([N+](=O)[O-])ccc1NCC(O)c1cnn(C)c1. The number of benzene rings is 1. The molecule has 0 aliphatic heterocycles. The van der Waals surface area contributed by atoms with Gasteiger partial charge in [0.2, 0.25) is 0 Å². The number of anilines is 1. The molecule has 0 spiro atoms. The normalized spacial score (nSPS) is 12.1. The van der Waals surface area contributed by atoms with Gasteiger partial charge in [-0.25, -0.2) is 0 Å². The molecule has 8 nitrogen and oxygen atoms in total. The molecule has 1 atom stereocenters. The summed E-state index contributed by atoms with van der Waals surface area (Å²) in [4.78, 5) is 10.4. The minimum atomic E-state index is -0.723. The molecule has 0 amide bonds. The van der Waals surface area contributed by atoms with E-state index in [1.54, 1.807) is 30.2 Å². The minimum Gasteiger partial charge on any atom is -0.386 e. The lowest BCUT2D eigenvalue weighted by molar-refractivity contribution is -0.384. The molecule has 1 heterocycles. The van der Waals surface area contributed by atoms with E-state index >= 15 is 0 Å². The van der Waals surface area contributed by atoms with Crippen molar-refractivity contribution >= 4 is 11.4 Å². The molecular formula is C14H18N4O4. The van der Waals surface area contributed by atoms with Crippen LogP contribution < -0.4 is 5.32 Å². The number of nitrogens with one attached hydrogen (secondary N) is 1. The number of hydrogen-bond acceptors (Lipinski definition) is 6. The first-order chi connectivity index (χ1) is 10.5. The van der Waals surface area contributed by atoms with Crippen molar-refractivity contribution in [2.45, 2.75) is 12.7 Å². The van der Waals surface area contributed by atoms with Crippen molar-refractivity contribution in [3.63, 3.8) is 0 Å². The fraction of sp³-hybridized carbons (Fsp3) is 0.357. The van der Waals surface area contributed by atoms with Crippen molar-refractivity contribution < 1.29 is 14.8 Å². The van der Waals surface area contributed by atoms with E-state index in [4.69, 9.17) is 4.74 Å². The van der Waals surface area contributed by atoms with E-state index < -0.39 is 11.0 Å². The quantitative estimate of drug-likeness (QED) is 0.595. The average Bonchev–Trinajstić information content (AvgIpc) is 2.92. The first-order valence-corrected chi connectivity index (χ1v) is 6.68. The van der Waals surface area contributed by atoms with Crippen LogP contribution in [0.1, 0.15) is 17.2 Å². The summed E-state index contributed by atoms with van der Waals surface area (Å²) in [5, 5.41) is 28.0. The minimum absolute atomic E-state index is 0.00501. The number of nitrogens with zero attached hydrogens (tertiary/aromatic N) is 3. The first-order valence-electron chi connectivity index (χ1n) is 6.68. The average molecular weight is 306 g/mol. The van der Waals surface area contributed by atoms with E-state index in [0.717, 1.165) is 0 Å². The van der Waals surface area contributed by atoms with Gasteiger partial charge in [0.05, 0.1) is 23.8 Å². The second kappa shape index (κ2) is 7.01. The molecule has 0 saturated carbocycles. The van der Waals surface area contributed by atoms with Crippen LogP contribution in [-0.2, 0) is 18.4 Å². The van der Waals surface area contributed by atoms with Gasteiger partial charge in [-0.05, 0) is 6.07 Å². The van der Waals surface area contributed by atoms with Crippen molar-refractivity contribution in [2.75, 3.05) is 19.0 Å². The molecule has 2 rings (SSSR count). The van der Waals surface area contributed by atoms with Crippen LogP contribution in [0.5, 0.6) is 0 Å². The molecule has 0 fully saturated rings. The highest BCUT2D eigenvalue weighted by Gasteiger charge is 2.13. The van der Waals surface area contributed by atoms with Gasteiger partial charge >= 0.3 is 0 Å².